The molecule has 0 aliphatic carbocycles. The molecule has 0 spiro atoms. The number of nitrogens with zero attached hydrogens (tertiary/aromatic N) is 3. The van der Waals surface area contributed by atoms with Crippen LogP contribution < -0.4 is 5.32 Å². The van der Waals surface area contributed by atoms with E-state index in [9.17, 15) is 0 Å². The summed E-state index contributed by atoms with van der Waals surface area (Å²) < 4.78 is 5.24. The maximum Gasteiger partial charge on any atom is 0.277 e. The van der Waals surface area contributed by atoms with E-state index in [1.54, 1.807) is 11.3 Å². The fourth-order valence-corrected chi connectivity index (χ4v) is 2.28. The van der Waals surface area contributed by atoms with Crippen LogP contribution in [0.15, 0.2) is 9.90 Å². The zero-order valence-electron chi connectivity index (χ0n) is 11.5. The van der Waals surface area contributed by atoms with Gasteiger partial charge in [0.05, 0.1) is 5.01 Å². The zero-order valence-corrected chi connectivity index (χ0v) is 13.1. The number of hydrogen-bond donors (Lipinski definition) is 1. The summed E-state index contributed by atoms with van der Waals surface area (Å²) in [4.78, 5) is 8.87. The fourth-order valence-electron chi connectivity index (χ4n) is 1.47. The molecule has 1 N–H and O–H groups in total. The van der Waals surface area contributed by atoms with Crippen molar-refractivity contribution in [2.75, 3.05) is 7.05 Å². The van der Waals surface area contributed by atoms with Crippen LogP contribution in [0.25, 0.3) is 11.6 Å². The van der Waals surface area contributed by atoms with Gasteiger partial charge in [-0.05, 0) is 14.0 Å². The summed E-state index contributed by atoms with van der Waals surface area (Å²) >= 11 is 1.63. The van der Waals surface area contributed by atoms with E-state index in [0.717, 1.165) is 17.1 Å². The number of aromatic nitrogens is 3. The summed E-state index contributed by atoms with van der Waals surface area (Å²) in [5.41, 5.74) is 0.777. The van der Waals surface area contributed by atoms with E-state index in [1.807, 2.05) is 12.4 Å². The van der Waals surface area contributed by atoms with Crippen LogP contribution in [-0.2, 0) is 6.42 Å². The average molecular weight is 303 g/mol. The van der Waals surface area contributed by atoms with Crippen molar-refractivity contribution in [1.29, 1.82) is 0 Å². The second kappa shape index (κ2) is 6.98. The smallest absolute Gasteiger partial charge is 0.277 e. The first-order valence-electron chi connectivity index (χ1n) is 6.05. The van der Waals surface area contributed by atoms with Gasteiger partial charge in [0, 0.05) is 23.8 Å². The van der Waals surface area contributed by atoms with Crippen molar-refractivity contribution >= 4 is 23.7 Å². The molecule has 2 heterocycles. The largest absolute Gasteiger partial charge is 0.332 e. The van der Waals surface area contributed by atoms with Crippen LogP contribution in [0.4, 0.5) is 0 Å². The molecule has 5 nitrogen and oxygen atoms in total. The summed E-state index contributed by atoms with van der Waals surface area (Å²) in [6.07, 6.45) is 0.751. The van der Waals surface area contributed by atoms with Gasteiger partial charge in [-0.3, -0.25) is 0 Å². The number of thiazole rings is 1. The molecular weight excluding hydrogens is 284 g/mol. The van der Waals surface area contributed by atoms with Gasteiger partial charge in [0.25, 0.3) is 5.89 Å². The molecular formula is C12H19ClN4OS. The molecule has 106 valence electrons. The van der Waals surface area contributed by atoms with Crippen molar-refractivity contribution in [2.24, 2.45) is 0 Å². The molecule has 0 radical (unpaired) electrons. The highest BCUT2D eigenvalue weighted by Crippen LogP contribution is 2.25. The zero-order chi connectivity index (χ0) is 13.1. The Kier molecular flexibility index (Phi) is 5.90. The molecule has 0 saturated heterocycles. The van der Waals surface area contributed by atoms with Crippen LogP contribution in [-0.4, -0.2) is 28.2 Å². The van der Waals surface area contributed by atoms with Crippen molar-refractivity contribution in [2.45, 2.75) is 39.2 Å². The lowest BCUT2D eigenvalue weighted by Gasteiger charge is -2.04. The van der Waals surface area contributed by atoms with Crippen LogP contribution in [0.2, 0.25) is 0 Å². The lowest BCUT2D eigenvalue weighted by Crippen LogP contribution is -2.24. The molecule has 0 bridgehead atoms. The number of halogens is 1. The highest BCUT2D eigenvalue weighted by Gasteiger charge is 2.14. The SMILES string of the molecule is CNC(C)Cc1noc(-c2csc(C(C)C)n2)n1.Cl. The molecule has 2 rings (SSSR count). The van der Waals surface area contributed by atoms with Gasteiger partial charge in [-0.15, -0.1) is 23.7 Å². The second-order valence-corrected chi connectivity index (χ2v) is 5.52. The summed E-state index contributed by atoms with van der Waals surface area (Å²) in [7, 11) is 1.92. The van der Waals surface area contributed by atoms with Crippen molar-refractivity contribution in [1.82, 2.24) is 20.4 Å². The molecule has 0 fully saturated rings. The lowest BCUT2D eigenvalue weighted by molar-refractivity contribution is 0.417. The normalized spacial score (nSPS) is 12.5. The van der Waals surface area contributed by atoms with Crippen molar-refractivity contribution in [3.8, 4) is 11.6 Å². The van der Waals surface area contributed by atoms with Gasteiger partial charge in [-0.1, -0.05) is 19.0 Å². The molecule has 1 atom stereocenters. The average Bonchev–Trinajstić information content (AvgIpc) is 2.96. The lowest BCUT2D eigenvalue weighted by atomic mass is 10.2. The van der Waals surface area contributed by atoms with Crippen LogP contribution in [0.3, 0.4) is 0 Å². The predicted molar refractivity (Wildman–Crippen MR) is 79.0 cm³/mol. The van der Waals surface area contributed by atoms with Gasteiger partial charge >= 0.3 is 0 Å². The first-order valence-corrected chi connectivity index (χ1v) is 6.93. The topological polar surface area (TPSA) is 63.8 Å². The minimum Gasteiger partial charge on any atom is -0.332 e. The van der Waals surface area contributed by atoms with Gasteiger partial charge in [0.2, 0.25) is 0 Å². The Morgan fingerprint density at radius 2 is 2.05 bits per heavy atom. The second-order valence-electron chi connectivity index (χ2n) is 4.64. The Morgan fingerprint density at radius 3 is 2.63 bits per heavy atom. The number of nitrogens with one attached hydrogen (secondary N) is 1. The predicted octanol–water partition coefficient (Wildman–Crippen LogP) is 2.89. The minimum atomic E-state index is 0. The molecule has 2 aromatic rings. The van der Waals surface area contributed by atoms with Gasteiger partial charge in [-0.25, -0.2) is 4.98 Å². The van der Waals surface area contributed by atoms with E-state index in [4.69, 9.17) is 4.52 Å². The third-order valence-electron chi connectivity index (χ3n) is 2.68. The minimum absolute atomic E-state index is 0. The number of hydrogen-bond acceptors (Lipinski definition) is 6. The number of likely N-dealkylation sites (N-methyl/N-ethyl adjacent to an activating group) is 1. The molecule has 7 heteroatoms. The summed E-state index contributed by atoms with van der Waals surface area (Å²) in [5, 5.41) is 10.2. The summed E-state index contributed by atoms with van der Waals surface area (Å²) in [5.74, 6) is 1.65. The Hall–Kier alpha value is -0.980. The third kappa shape index (κ3) is 3.99. The number of rotatable bonds is 5. The maximum absolute atomic E-state index is 5.24. The van der Waals surface area contributed by atoms with Gasteiger partial charge in [0.1, 0.15) is 5.69 Å². The van der Waals surface area contributed by atoms with Crippen LogP contribution >= 0.6 is 23.7 Å². The van der Waals surface area contributed by atoms with E-state index in [-0.39, 0.29) is 12.4 Å². The van der Waals surface area contributed by atoms with Crippen molar-refractivity contribution < 1.29 is 4.52 Å². The molecule has 1 unspecified atom stereocenters. The molecule has 2 aromatic heterocycles. The van der Waals surface area contributed by atoms with E-state index < -0.39 is 0 Å². The van der Waals surface area contributed by atoms with Gasteiger partial charge in [-0.2, -0.15) is 4.98 Å². The first kappa shape index (κ1) is 16.1. The van der Waals surface area contributed by atoms with E-state index in [2.05, 4.69) is 41.2 Å². The van der Waals surface area contributed by atoms with E-state index in [1.165, 1.54) is 0 Å². The van der Waals surface area contributed by atoms with Crippen LogP contribution in [0, 0.1) is 0 Å². The molecule has 0 aliphatic rings. The highest BCUT2D eigenvalue weighted by atomic mass is 35.5. The summed E-state index contributed by atoms with van der Waals surface area (Å²) in [6.45, 7) is 6.32. The van der Waals surface area contributed by atoms with Crippen molar-refractivity contribution in [3.05, 3.63) is 16.2 Å². The van der Waals surface area contributed by atoms with Crippen LogP contribution in [0.5, 0.6) is 0 Å². The highest BCUT2D eigenvalue weighted by molar-refractivity contribution is 7.10. The van der Waals surface area contributed by atoms with Gasteiger partial charge < -0.3 is 9.84 Å². The third-order valence-corrected chi connectivity index (χ3v) is 3.83. The van der Waals surface area contributed by atoms with Gasteiger partial charge in [0.15, 0.2) is 5.82 Å². The molecule has 0 amide bonds. The molecule has 0 saturated carbocycles. The quantitative estimate of drug-likeness (QED) is 0.920. The molecule has 0 aromatic carbocycles. The Morgan fingerprint density at radius 1 is 1.32 bits per heavy atom. The Bertz CT molecular complexity index is 511. The Labute approximate surface area is 123 Å². The summed E-state index contributed by atoms with van der Waals surface area (Å²) in [6, 6.07) is 0.331. The standard InChI is InChI=1S/C12H18N4OS.ClH/c1-7(2)12-14-9(6-18-12)11-15-10(16-17-11)5-8(3)13-4;/h6-8,13H,5H2,1-4H3;1H. The molecule has 19 heavy (non-hydrogen) atoms. The maximum atomic E-state index is 5.24. The fraction of sp³-hybridized carbons (Fsp3) is 0.583. The first-order chi connectivity index (χ1) is 8.60. The van der Waals surface area contributed by atoms with E-state index >= 15 is 0 Å². The monoisotopic (exact) mass is 302 g/mol. The van der Waals surface area contributed by atoms with E-state index in [0.29, 0.717) is 23.7 Å². The van der Waals surface area contributed by atoms with Crippen LogP contribution in [0.1, 0.15) is 37.5 Å². The van der Waals surface area contributed by atoms with Crippen molar-refractivity contribution in [3.63, 3.8) is 0 Å². The molecule has 0 aliphatic heterocycles. The Balaban J connectivity index is 0.00000180.